The second-order valence-corrected chi connectivity index (χ2v) is 11.4. The number of aryl methyl sites for hydroxylation is 2. The van der Waals surface area contributed by atoms with Gasteiger partial charge in [-0.3, -0.25) is 13.9 Å². The van der Waals surface area contributed by atoms with Crippen LogP contribution in [0.15, 0.2) is 36.4 Å². The van der Waals surface area contributed by atoms with Crippen molar-refractivity contribution >= 4 is 50.7 Å². The summed E-state index contributed by atoms with van der Waals surface area (Å²) in [5, 5.41) is 3.63. The lowest BCUT2D eigenvalue weighted by Gasteiger charge is -2.32. The predicted octanol–water partition coefficient (Wildman–Crippen LogP) is 4.71. The highest BCUT2D eigenvalue weighted by Crippen LogP contribution is 2.26. The molecule has 0 bridgehead atoms. The molecule has 0 spiro atoms. The van der Waals surface area contributed by atoms with Crippen molar-refractivity contribution < 1.29 is 18.0 Å². The van der Waals surface area contributed by atoms with Gasteiger partial charge in [-0.2, -0.15) is 0 Å². The lowest BCUT2D eigenvalue weighted by molar-refractivity contribution is -0.139. The van der Waals surface area contributed by atoms with Gasteiger partial charge in [0.2, 0.25) is 21.8 Å². The molecule has 0 heterocycles. The molecule has 35 heavy (non-hydrogen) atoms. The van der Waals surface area contributed by atoms with Gasteiger partial charge in [-0.1, -0.05) is 60.3 Å². The lowest BCUT2D eigenvalue weighted by atomic mass is 10.1. The maximum Gasteiger partial charge on any atom is 0.244 e. The number of anilines is 1. The summed E-state index contributed by atoms with van der Waals surface area (Å²) in [6.45, 7) is 7.37. The van der Waals surface area contributed by atoms with Crippen LogP contribution < -0.4 is 9.62 Å². The van der Waals surface area contributed by atoms with Crippen molar-refractivity contribution in [3.63, 3.8) is 0 Å². The first kappa shape index (κ1) is 28.9. The van der Waals surface area contributed by atoms with Crippen molar-refractivity contribution in [3.05, 3.63) is 63.1 Å². The van der Waals surface area contributed by atoms with Gasteiger partial charge in [-0.15, -0.1) is 0 Å². The van der Waals surface area contributed by atoms with Crippen molar-refractivity contribution in [2.45, 2.75) is 53.1 Å². The van der Waals surface area contributed by atoms with E-state index in [1.807, 2.05) is 19.9 Å². The summed E-state index contributed by atoms with van der Waals surface area (Å²) in [5.41, 5.74) is 2.70. The smallest absolute Gasteiger partial charge is 0.244 e. The number of sulfonamides is 1. The van der Waals surface area contributed by atoms with Crippen LogP contribution in [-0.4, -0.2) is 50.5 Å². The third-order valence-electron chi connectivity index (χ3n) is 5.65. The molecule has 0 aromatic heterocycles. The number of hydrogen-bond donors (Lipinski definition) is 1. The third kappa shape index (κ3) is 8.12. The highest BCUT2D eigenvalue weighted by atomic mass is 35.5. The fraction of sp³-hybridized carbons (Fsp3) is 0.440. The zero-order chi connectivity index (χ0) is 26.3. The molecule has 1 N–H and O–H groups in total. The van der Waals surface area contributed by atoms with E-state index in [1.165, 1.54) is 4.90 Å². The Bertz CT molecular complexity index is 1170. The average molecular weight is 543 g/mol. The van der Waals surface area contributed by atoms with E-state index in [4.69, 9.17) is 23.2 Å². The minimum Gasteiger partial charge on any atom is -0.354 e. The Balaban J connectivity index is 2.42. The quantitative estimate of drug-likeness (QED) is 0.417. The van der Waals surface area contributed by atoms with Crippen molar-refractivity contribution in [1.82, 2.24) is 10.2 Å². The number of benzene rings is 2. The number of rotatable bonds is 11. The summed E-state index contributed by atoms with van der Waals surface area (Å²) in [5.74, 6) is -0.853. The predicted molar refractivity (Wildman–Crippen MR) is 142 cm³/mol. The number of hydrogen-bond acceptors (Lipinski definition) is 4. The molecule has 0 saturated carbocycles. The van der Waals surface area contributed by atoms with Crippen molar-refractivity contribution in [1.29, 1.82) is 0 Å². The van der Waals surface area contributed by atoms with Crippen LogP contribution in [0.3, 0.4) is 0 Å². The van der Waals surface area contributed by atoms with E-state index in [0.717, 1.165) is 34.5 Å². The van der Waals surface area contributed by atoms with Crippen LogP contribution in [0.2, 0.25) is 10.0 Å². The fourth-order valence-electron chi connectivity index (χ4n) is 3.63. The summed E-state index contributed by atoms with van der Waals surface area (Å²) in [7, 11) is -3.79. The van der Waals surface area contributed by atoms with E-state index in [-0.39, 0.29) is 12.5 Å². The number of nitrogens with zero attached hydrogens (tertiary/aromatic N) is 2. The van der Waals surface area contributed by atoms with Crippen LogP contribution >= 0.6 is 23.2 Å². The number of carbonyl (C=O) groups is 2. The second kappa shape index (κ2) is 12.6. The Hall–Kier alpha value is -2.29. The van der Waals surface area contributed by atoms with Crippen molar-refractivity contribution in [2.75, 3.05) is 23.7 Å². The molecule has 7 nitrogen and oxygen atoms in total. The number of carbonyl (C=O) groups excluding carboxylic acids is 2. The van der Waals surface area contributed by atoms with Crippen LogP contribution in [0.4, 0.5) is 5.69 Å². The molecule has 2 rings (SSSR count). The van der Waals surface area contributed by atoms with Crippen LogP contribution in [0.25, 0.3) is 0 Å². The van der Waals surface area contributed by atoms with Gasteiger partial charge < -0.3 is 10.2 Å². The number of amides is 2. The van der Waals surface area contributed by atoms with E-state index in [1.54, 1.807) is 44.2 Å². The van der Waals surface area contributed by atoms with Gasteiger partial charge in [-0.25, -0.2) is 8.42 Å². The molecule has 0 aliphatic carbocycles. The Morgan fingerprint density at radius 2 is 1.77 bits per heavy atom. The van der Waals surface area contributed by atoms with Gasteiger partial charge in [0.15, 0.2) is 0 Å². The molecular weight excluding hydrogens is 509 g/mol. The normalized spacial score (nSPS) is 12.2. The second-order valence-electron chi connectivity index (χ2n) is 8.64. The van der Waals surface area contributed by atoms with Gasteiger partial charge in [0.05, 0.1) is 11.9 Å². The van der Waals surface area contributed by atoms with E-state index in [9.17, 15) is 18.0 Å². The van der Waals surface area contributed by atoms with Crippen molar-refractivity contribution in [2.24, 2.45) is 0 Å². The molecule has 0 saturated heterocycles. The van der Waals surface area contributed by atoms with E-state index < -0.39 is 28.5 Å². The molecule has 0 fully saturated rings. The van der Waals surface area contributed by atoms with Gasteiger partial charge in [0, 0.05) is 23.1 Å². The topological polar surface area (TPSA) is 86.8 Å². The maximum absolute atomic E-state index is 13.6. The SMILES string of the molecule is CCCCNC(=O)C(C)N(Cc1ccc(Cl)cc1Cl)C(=O)CN(c1ccc(C)cc1C)S(C)(=O)=O. The van der Waals surface area contributed by atoms with Crippen LogP contribution in [0.1, 0.15) is 43.4 Å². The molecule has 10 heteroatoms. The average Bonchev–Trinajstić information content (AvgIpc) is 2.76. The molecule has 192 valence electrons. The first-order valence-electron chi connectivity index (χ1n) is 11.4. The van der Waals surface area contributed by atoms with E-state index >= 15 is 0 Å². The first-order valence-corrected chi connectivity index (χ1v) is 14.0. The fourth-order valence-corrected chi connectivity index (χ4v) is 5.01. The van der Waals surface area contributed by atoms with Crippen LogP contribution in [0, 0.1) is 13.8 Å². The molecule has 1 atom stereocenters. The number of halogens is 2. The minimum atomic E-state index is -3.79. The molecular formula is C25H33Cl2N3O4S. The third-order valence-corrected chi connectivity index (χ3v) is 7.37. The Labute approximate surface area is 218 Å². The molecule has 0 aliphatic heterocycles. The number of unbranched alkanes of at least 4 members (excludes halogenated alkanes) is 1. The molecule has 2 aromatic rings. The first-order chi connectivity index (χ1) is 16.3. The Morgan fingerprint density at radius 1 is 1.09 bits per heavy atom. The molecule has 0 aliphatic rings. The van der Waals surface area contributed by atoms with Crippen LogP contribution in [-0.2, 0) is 26.2 Å². The maximum atomic E-state index is 13.6. The zero-order valence-corrected chi connectivity index (χ0v) is 23.1. The monoisotopic (exact) mass is 541 g/mol. The van der Waals surface area contributed by atoms with Crippen LogP contribution in [0.5, 0.6) is 0 Å². The number of nitrogens with one attached hydrogen (secondary N) is 1. The van der Waals surface area contributed by atoms with E-state index in [2.05, 4.69) is 5.32 Å². The lowest BCUT2D eigenvalue weighted by Crippen LogP contribution is -2.51. The Kier molecular flexibility index (Phi) is 10.4. The standard InChI is InChI=1S/C25H33Cl2N3O4S/c1-6-7-12-28-25(32)19(4)29(15-20-9-10-21(26)14-22(20)27)24(31)16-30(35(5,33)34)23-11-8-17(2)13-18(23)3/h8-11,13-14,19H,6-7,12,15-16H2,1-5H3,(H,28,32). The molecule has 0 radical (unpaired) electrons. The van der Waals surface area contributed by atoms with Crippen molar-refractivity contribution in [3.8, 4) is 0 Å². The highest BCUT2D eigenvalue weighted by Gasteiger charge is 2.30. The minimum absolute atomic E-state index is 0.0156. The van der Waals surface area contributed by atoms with Gasteiger partial charge in [0.1, 0.15) is 12.6 Å². The van der Waals surface area contributed by atoms with Gasteiger partial charge in [-0.05, 0) is 56.5 Å². The van der Waals surface area contributed by atoms with E-state index in [0.29, 0.717) is 27.8 Å². The summed E-state index contributed by atoms with van der Waals surface area (Å²) in [6, 6.07) is 9.37. The highest BCUT2D eigenvalue weighted by molar-refractivity contribution is 7.92. The largest absolute Gasteiger partial charge is 0.354 e. The Morgan fingerprint density at radius 3 is 2.34 bits per heavy atom. The molecule has 1 unspecified atom stereocenters. The summed E-state index contributed by atoms with van der Waals surface area (Å²) < 4.78 is 26.5. The van der Waals surface area contributed by atoms with Gasteiger partial charge >= 0.3 is 0 Å². The zero-order valence-electron chi connectivity index (χ0n) is 20.8. The molecule has 2 amide bonds. The summed E-state index contributed by atoms with van der Waals surface area (Å²) >= 11 is 12.4. The molecule has 2 aromatic carbocycles. The van der Waals surface area contributed by atoms with Gasteiger partial charge in [0.25, 0.3) is 0 Å². The summed E-state index contributed by atoms with van der Waals surface area (Å²) in [6.07, 6.45) is 2.78. The summed E-state index contributed by atoms with van der Waals surface area (Å²) in [4.78, 5) is 27.8.